The Morgan fingerprint density at radius 1 is 1.09 bits per heavy atom. The Labute approximate surface area is 205 Å². The molecule has 0 aromatic heterocycles. The van der Waals surface area contributed by atoms with Crippen LogP contribution in [0.25, 0.3) is 0 Å². The SMILES string of the molecule is C[C@H](NC(=O)COC(=O)[C@H]1CC(=O)N(c2ccc3c(c2)OCCO3)C1)C12CC3CC(CC(C3)C1)C2. The minimum atomic E-state index is -0.593. The number of ether oxygens (including phenoxy) is 3. The molecule has 35 heavy (non-hydrogen) atoms. The average molecular weight is 483 g/mol. The van der Waals surface area contributed by atoms with E-state index in [1.165, 1.54) is 38.5 Å². The predicted octanol–water partition coefficient (Wildman–Crippen LogP) is 3.08. The first-order valence-electron chi connectivity index (χ1n) is 13.0. The molecule has 6 aliphatic rings. The number of anilines is 1. The number of carbonyl (C=O) groups excluding carboxylic acids is 3. The van der Waals surface area contributed by atoms with E-state index in [9.17, 15) is 14.4 Å². The van der Waals surface area contributed by atoms with E-state index in [0.717, 1.165) is 17.8 Å². The van der Waals surface area contributed by atoms with E-state index < -0.39 is 11.9 Å². The Morgan fingerprint density at radius 2 is 1.74 bits per heavy atom. The summed E-state index contributed by atoms with van der Waals surface area (Å²) in [5, 5.41) is 3.14. The van der Waals surface area contributed by atoms with Crippen molar-refractivity contribution in [1.29, 1.82) is 0 Å². The van der Waals surface area contributed by atoms with E-state index in [1.807, 2.05) is 0 Å². The van der Waals surface area contributed by atoms with Gasteiger partial charge in [0, 0.05) is 30.8 Å². The molecular formula is C27H34N2O6. The largest absolute Gasteiger partial charge is 0.486 e. The van der Waals surface area contributed by atoms with Crippen LogP contribution < -0.4 is 19.7 Å². The Morgan fingerprint density at radius 3 is 2.43 bits per heavy atom. The standard InChI is InChI=1S/C27H34N2O6/c1-16(27-11-17-6-18(12-27)8-19(7-17)13-27)28-24(30)15-35-26(32)20-9-25(31)29(14-20)21-2-3-22-23(10-21)34-5-4-33-22/h2-3,10,16-20H,4-9,11-15H2,1H3,(H,28,30)/t16-,17?,18?,19?,20-,27?/m0/s1. The van der Waals surface area contributed by atoms with Gasteiger partial charge in [0.25, 0.3) is 5.91 Å². The number of nitrogens with one attached hydrogen (secondary N) is 1. The third kappa shape index (κ3) is 4.25. The summed E-state index contributed by atoms with van der Waals surface area (Å²) in [5.74, 6) is 2.19. The van der Waals surface area contributed by atoms with Crippen molar-refractivity contribution in [3.63, 3.8) is 0 Å². The zero-order valence-corrected chi connectivity index (χ0v) is 20.3. The molecule has 4 bridgehead atoms. The smallest absolute Gasteiger partial charge is 0.311 e. The lowest BCUT2D eigenvalue weighted by Crippen LogP contribution is -2.56. The first kappa shape index (κ1) is 22.7. The molecule has 2 atom stereocenters. The number of fused-ring (bicyclic) bond motifs is 1. The predicted molar refractivity (Wildman–Crippen MR) is 127 cm³/mol. The molecular weight excluding hydrogens is 448 g/mol. The lowest BCUT2D eigenvalue weighted by molar-refractivity contribution is -0.153. The lowest BCUT2D eigenvalue weighted by Gasteiger charge is -2.59. The van der Waals surface area contributed by atoms with Gasteiger partial charge in [-0.25, -0.2) is 0 Å². The monoisotopic (exact) mass is 482 g/mol. The van der Waals surface area contributed by atoms with E-state index in [0.29, 0.717) is 30.4 Å². The average Bonchev–Trinajstić information content (AvgIpc) is 3.23. The van der Waals surface area contributed by atoms with E-state index in [1.54, 1.807) is 23.1 Å². The second-order valence-electron chi connectivity index (χ2n) is 11.4. The molecule has 2 aliphatic heterocycles. The molecule has 4 aliphatic carbocycles. The van der Waals surface area contributed by atoms with Gasteiger partial charge in [-0.15, -0.1) is 0 Å². The molecule has 188 valence electrons. The Hall–Kier alpha value is -2.77. The van der Waals surface area contributed by atoms with Crippen LogP contribution in [0.15, 0.2) is 18.2 Å². The molecule has 7 rings (SSSR count). The third-order valence-corrected chi connectivity index (χ3v) is 9.02. The Kier molecular flexibility index (Phi) is 5.65. The van der Waals surface area contributed by atoms with Gasteiger partial charge in [-0.3, -0.25) is 14.4 Å². The fourth-order valence-electron chi connectivity index (χ4n) is 7.71. The number of esters is 1. The van der Waals surface area contributed by atoms with Crippen LogP contribution in [0.1, 0.15) is 51.9 Å². The summed E-state index contributed by atoms with van der Waals surface area (Å²) in [7, 11) is 0. The Bertz CT molecular complexity index is 1000. The highest BCUT2D eigenvalue weighted by molar-refractivity contribution is 6.00. The van der Waals surface area contributed by atoms with E-state index in [4.69, 9.17) is 14.2 Å². The summed E-state index contributed by atoms with van der Waals surface area (Å²) in [6.45, 7) is 3.00. The molecule has 1 aromatic carbocycles. The van der Waals surface area contributed by atoms with Crippen LogP contribution in [0, 0.1) is 29.1 Å². The molecule has 0 radical (unpaired) electrons. The van der Waals surface area contributed by atoms with E-state index in [2.05, 4.69) is 12.2 Å². The van der Waals surface area contributed by atoms with Crippen LogP contribution in [0.3, 0.4) is 0 Å². The lowest BCUT2D eigenvalue weighted by atomic mass is 9.48. The number of nitrogens with zero attached hydrogens (tertiary/aromatic N) is 1. The van der Waals surface area contributed by atoms with Gasteiger partial charge < -0.3 is 24.4 Å². The van der Waals surface area contributed by atoms with Gasteiger partial charge in [0.2, 0.25) is 5.91 Å². The summed E-state index contributed by atoms with van der Waals surface area (Å²) in [6.07, 6.45) is 7.78. The van der Waals surface area contributed by atoms with Crippen LogP contribution >= 0.6 is 0 Å². The van der Waals surface area contributed by atoms with Gasteiger partial charge in [0.15, 0.2) is 18.1 Å². The van der Waals surface area contributed by atoms with Crippen molar-refractivity contribution in [2.45, 2.75) is 57.9 Å². The highest BCUT2D eigenvalue weighted by atomic mass is 16.6. The second-order valence-corrected chi connectivity index (χ2v) is 11.4. The minimum absolute atomic E-state index is 0.0680. The number of amides is 2. The maximum absolute atomic E-state index is 12.7. The highest BCUT2D eigenvalue weighted by Crippen LogP contribution is 2.61. The Balaban J connectivity index is 1.01. The number of hydrogen-bond donors (Lipinski definition) is 1. The first-order valence-corrected chi connectivity index (χ1v) is 13.0. The zero-order valence-electron chi connectivity index (χ0n) is 20.3. The summed E-state index contributed by atoms with van der Waals surface area (Å²) in [4.78, 5) is 39.5. The molecule has 0 unspecified atom stereocenters. The van der Waals surface area contributed by atoms with Crippen molar-refractivity contribution in [2.24, 2.45) is 29.1 Å². The van der Waals surface area contributed by atoms with Crippen molar-refractivity contribution in [3.05, 3.63) is 18.2 Å². The molecule has 1 saturated heterocycles. The van der Waals surface area contributed by atoms with Crippen molar-refractivity contribution in [2.75, 3.05) is 31.3 Å². The third-order valence-electron chi connectivity index (χ3n) is 9.02. The molecule has 8 heteroatoms. The van der Waals surface area contributed by atoms with E-state index >= 15 is 0 Å². The second kappa shape index (κ2) is 8.71. The summed E-state index contributed by atoms with van der Waals surface area (Å²) < 4.78 is 16.5. The minimum Gasteiger partial charge on any atom is -0.486 e. The van der Waals surface area contributed by atoms with E-state index in [-0.39, 0.29) is 42.8 Å². The number of hydrogen-bond acceptors (Lipinski definition) is 6. The van der Waals surface area contributed by atoms with Crippen LogP contribution in [0.4, 0.5) is 5.69 Å². The van der Waals surface area contributed by atoms with Crippen LogP contribution in [-0.4, -0.2) is 50.2 Å². The molecule has 2 amide bonds. The molecule has 5 fully saturated rings. The molecule has 1 N–H and O–H groups in total. The molecule has 1 aromatic rings. The van der Waals surface area contributed by atoms with Gasteiger partial charge in [0.1, 0.15) is 13.2 Å². The summed E-state index contributed by atoms with van der Waals surface area (Å²) in [6, 6.07) is 5.41. The molecule has 4 saturated carbocycles. The quantitative estimate of drug-likeness (QED) is 0.627. The maximum atomic E-state index is 12.7. The zero-order chi connectivity index (χ0) is 24.2. The summed E-state index contributed by atoms with van der Waals surface area (Å²) >= 11 is 0. The maximum Gasteiger partial charge on any atom is 0.311 e. The van der Waals surface area contributed by atoms with Crippen LogP contribution in [-0.2, 0) is 19.1 Å². The van der Waals surface area contributed by atoms with Crippen molar-refractivity contribution in [3.8, 4) is 11.5 Å². The van der Waals surface area contributed by atoms with Gasteiger partial charge in [0.05, 0.1) is 5.92 Å². The summed E-state index contributed by atoms with van der Waals surface area (Å²) in [5.41, 5.74) is 0.868. The van der Waals surface area contributed by atoms with Crippen molar-refractivity contribution >= 4 is 23.5 Å². The first-order chi connectivity index (χ1) is 16.9. The highest BCUT2D eigenvalue weighted by Gasteiger charge is 2.53. The van der Waals surface area contributed by atoms with Gasteiger partial charge >= 0.3 is 5.97 Å². The fraction of sp³-hybridized carbons (Fsp3) is 0.667. The van der Waals surface area contributed by atoms with Gasteiger partial charge in [-0.1, -0.05) is 0 Å². The van der Waals surface area contributed by atoms with Gasteiger partial charge in [-0.2, -0.15) is 0 Å². The number of benzene rings is 1. The van der Waals surface area contributed by atoms with Crippen LogP contribution in [0.5, 0.6) is 11.5 Å². The molecule has 8 nitrogen and oxygen atoms in total. The van der Waals surface area contributed by atoms with Gasteiger partial charge in [-0.05, 0) is 80.8 Å². The topological polar surface area (TPSA) is 94.2 Å². The molecule has 2 heterocycles. The normalized spacial score (nSPS) is 33.5. The molecule has 0 spiro atoms. The fourth-order valence-corrected chi connectivity index (χ4v) is 7.71. The van der Waals surface area contributed by atoms with Crippen LogP contribution in [0.2, 0.25) is 0 Å². The van der Waals surface area contributed by atoms with Crippen molar-refractivity contribution in [1.82, 2.24) is 5.32 Å². The number of carbonyl (C=O) groups is 3. The number of rotatable bonds is 6. The van der Waals surface area contributed by atoms with Crippen molar-refractivity contribution < 1.29 is 28.6 Å².